The Hall–Kier alpha value is -2.84. The smallest absolute Gasteiger partial charge is 0.315 e. The minimum atomic E-state index is -0.781. The molecule has 0 bridgehead atoms. The van der Waals surface area contributed by atoms with E-state index in [0.29, 0.717) is 18.1 Å². The number of imide groups is 1. The minimum Gasteiger partial charge on any atom is -0.315 e. The Labute approximate surface area is 155 Å². The zero-order valence-corrected chi connectivity index (χ0v) is 15.6. The average molecular weight is 377 g/mol. The highest BCUT2D eigenvalue weighted by Gasteiger charge is 2.41. The summed E-state index contributed by atoms with van der Waals surface area (Å²) in [6.45, 7) is 4.00. The Morgan fingerprint density at radius 2 is 1.89 bits per heavy atom. The first kappa shape index (κ1) is 18.9. The minimum absolute atomic E-state index is 0.0432. The van der Waals surface area contributed by atoms with Crippen LogP contribution in [0.3, 0.4) is 0 Å². The maximum atomic E-state index is 14.3. The fourth-order valence-corrected chi connectivity index (χ4v) is 3.07. The van der Waals surface area contributed by atoms with Crippen molar-refractivity contribution in [1.82, 2.24) is 24.6 Å². The molecule has 1 saturated heterocycles. The van der Waals surface area contributed by atoms with Crippen molar-refractivity contribution in [2.75, 3.05) is 14.1 Å². The predicted molar refractivity (Wildman–Crippen MR) is 93.2 cm³/mol. The third-order valence-corrected chi connectivity index (χ3v) is 4.49. The zero-order chi connectivity index (χ0) is 19.9. The quantitative estimate of drug-likeness (QED) is 0.749. The number of nitrogens with zero attached hydrogens (tertiary/aromatic N) is 5. The molecule has 1 atom stereocenters. The van der Waals surface area contributed by atoms with Crippen molar-refractivity contribution in [2.24, 2.45) is 5.92 Å². The molecule has 0 saturated carbocycles. The molecule has 1 aromatic heterocycles. The Morgan fingerprint density at radius 3 is 2.44 bits per heavy atom. The number of rotatable bonds is 5. The summed E-state index contributed by atoms with van der Waals surface area (Å²) in [7, 11) is 2.94. The summed E-state index contributed by atoms with van der Waals surface area (Å²) in [6, 6.07) is 2.02. The first-order chi connectivity index (χ1) is 12.7. The fraction of sp³-hybridized carbons (Fsp3) is 0.444. The van der Waals surface area contributed by atoms with Crippen LogP contribution < -0.4 is 0 Å². The van der Waals surface area contributed by atoms with E-state index in [2.05, 4.69) is 10.1 Å². The lowest BCUT2D eigenvalue weighted by atomic mass is 10.1. The number of hydrogen-bond acceptors (Lipinski definition) is 4. The first-order valence-electron chi connectivity index (χ1n) is 8.63. The molecule has 0 unspecified atom stereocenters. The van der Waals surface area contributed by atoms with Crippen molar-refractivity contribution >= 4 is 11.9 Å². The van der Waals surface area contributed by atoms with Crippen LogP contribution >= 0.6 is 0 Å². The highest BCUT2D eigenvalue weighted by molar-refractivity contribution is 6.03. The number of carbonyl (C=O) groups is 2. The lowest BCUT2D eigenvalue weighted by Crippen LogP contribution is -2.34. The molecule has 1 aliphatic heterocycles. The van der Waals surface area contributed by atoms with Gasteiger partial charge in [-0.2, -0.15) is 5.10 Å². The predicted octanol–water partition coefficient (Wildman–Crippen LogP) is 2.18. The van der Waals surface area contributed by atoms with Crippen molar-refractivity contribution in [3.63, 3.8) is 0 Å². The van der Waals surface area contributed by atoms with E-state index < -0.39 is 23.7 Å². The average Bonchev–Trinajstić information content (AvgIpc) is 3.05. The molecule has 1 aliphatic rings. The van der Waals surface area contributed by atoms with Gasteiger partial charge in [-0.1, -0.05) is 13.8 Å². The molecule has 27 heavy (non-hydrogen) atoms. The topological polar surface area (TPSA) is 71.3 Å². The number of carbonyl (C=O) groups excluding carboxylic acids is 2. The maximum Gasteiger partial charge on any atom is 0.326 e. The van der Waals surface area contributed by atoms with Crippen molar-refractivity contribution in [3.8, 4) is 5.69 Å². The van der Waals surface area contributed by atoms with Gasteiger partial charge in [-0.05, 0) is 18.1 Å². The van der Waals surface area contributed by atoms with Crippen LogP contribution in [0.5, 0.6) is 0 Å². The first-order valence-corrected chi connectivity index (χ1v) is 8.63. The van der Waals surface area contributed by atoms with Crippen LogP contribution in [0, 0.1) is 17.6 Å². The molecule has 2 aromatic rings. The zero-order valence-electron chi connectivity index (χ0n) is 15.6. The van der Waals surface area contributed by atoms with E-state index in [0.717, 1.165) is 17.0 Å². The van der Waals surface area contributed by atoms with Crippen molar-refractivity contribution in [2.45, 2.75) is 32.7 Å². The maximum absolute atomic E-state index is 14.3. The summed E-state index contributed by atoms with van der Waals surface area (Å²) in [5.41, 5.74) is 0.0432. The Morgan fingerprint density at radius 1 is 1.19 bits per heavy atom. The second kappa shape index (κ2) is 7.05. The van der Waals surface area contributed by atoms with Gasteiger partial charge in [-0.3, -0.25) is 9.69 Å². The number of aromatic nitrogens is 3. The summed E-state index contributed by atoms with van der Waals surface area (Å²) in [6.07, 6.45) is 0.642. The summed E-state index contributed by atoms with van der Waals surface area (Å²) in [5, 5.41) is 4.36. The normalized spacial score (nSPS) is 17.5. The molecule has 1 aromatic carbocycles. The number of amides is 3. The Bertz CT molecular complexity index is 896. The summed E-state index contributed by atoms with van der Waals surface area (Å²) >= 11 is 0. The van der Waals surface area contributed by atoms with Crippen molar-refractivity contribution in [1.29, 1.82) is 0 Å². The molecule has 1 fully saturated rings. The standard InChI is InChI=1S/C18H21F2N5O2/c1-10(2)7-15-21-16(9-14-17(26)24(4)18(27)23(14)3)25(22-15)13-6-5-11(19)8-12(13)20/h5-6,8,10,14H,7,9H2,1-4H3/t14-/m1/s1. The van der Waals surface area contributed by atoms with Crippen LogP contribution in [0.1, 0.15) is 25.5 Å². The molecular formula is C18H21F2N5O2. The van der Waals surface area contributed by atoms with Gasteiger partial charge < -0.3 is 4.90 Å². The highest BCUT2D eigenvalue weighted by Crippen LogP contribution is 2.22. The van der Waals surface area contributed by atoms with Gasteiger partial charge in [0, 0.05) is 33.0 Å². The molecule has 7 nitrogen and oxygen atoms in total. The van der Waals surface area contributed by atoms with E-state index in [1.807, 2.05) is 13.8 Å². The molecule has 0 N–H and O–H groups in total. The van der Waals surface area contributed by atoms with Crippen molar-refractivity contribution in [3.05, 3.63) is 41.5 Å². The summed E-state index contributed by atoms with van der Waals surface area (Å²) < 4.78 is 28.9. The van der Waals surface area contributed by atoms with Crippen LogP contribution in [0.25, 0.3) is 5.69 Å². The molecule has 3 amide bonds. The molecule has 9 heteroatoms. The molecule has 0 radical (unpaired) electrons. The Kier molecular flexibility index (Phi) is 4.95. The van der Waals surface area contributed by atoms with Crippen molar-refractivity contribution < 1.29 is 18.4 Å². The molecule has 2 heterocycles. The number of hydrogen-bond donors (Lipinski definition) is 0. The van der Waals surface area contributed by atoms with E-state index >= 15 is 0 Å². The van der Waals surface area contributed by atoms with Gasteiger partial charge in [0.2, 0.25) is 0 Å². The molecular weight excluding hydrogens is 356 g/mol. The molecule has 0 spiro atoms. The van der Waals surface area contributed by atoms with E-state index in [-0.39, 0.29) is 23.9 Å². The van der Waals surface area contributed by atoms with E-state index in [4.69, 9.17) is 0 Å². The molecule has 144 valence electrons. The lowest BCUT2D eigenvalue weighted by Gasteiger charge is -2.16. The lowest BCUT2D eigenvalue weighted by molar-refractivity contribution is -0.127. The van der Waals surface area contributed by atoms with E-state index in [1.165, 1.54) is 29.7 Å². The molecule has 3 rings (SSSR count). The number of likely N-dealkylation sites (N-methyl/N-ethyl adjacent to an activating group) is 2. The number of urea groups is 1. The third-order valence-electron chi connectivity index (χ3n) is 4.49. The van der Waals surface area contributed by atoms with E-state index in [9.17, 15) is 18.4 Å². The van der Waals surface area contributed by atoms with Crippen LogP contribution in [0.2, 0.25) is 0 Å². The SMILES string of the molecule is CC(C)Cc1nc(C[C@@H]2C(=O)N(C)C(=O)N2C)n(-c2ccc(F)cc2F)n1. The van der Waals surface area contributed by atoms with Crippen LogP contribution in [-0.2, 0) is 17.6 Å². The van der Waals surface area contributed by atoms with Gasteiger partial charge in [-0.25, -0.2) is 23.2 Å². The van der Waals surface area contributed by atoms with Gasteiger partial charge in [0.1, 0.15) is 23.4 Å². The van der Waals surface area contributed by atoms with Crippen LogP contribution in [0.4, 0.5) is 13.6 Å². The summed E-state index contributed by atoms with van der Waals surface area (Å²) in [4.78, 5) is 31.2. The highest BCUT2D eigenvalue weighted by atomic mass is 19.1. The second-order valence-corrected chi connectivity index (χ2v) is 7.06. The van der Waals surface area contributed by atoms with Crippen LogP contribution in [-0.4, -0.2) is 56.6 Å². The number of halogens is 2. The summed E-state index contributed by atoms with van der Waals surface area (Å²) in [5.74, 6) is -0.729. The monoisotopic (exact) mass is 377 g/mol. The second-order valence-electron chi connectivity index (χ2n) is 7.06. The van der Waals surface area contributed by atoms with Gasteiger partial charge in [-0.15, -0.1) is 0 Å². The van der Waals surface area contributed by atoms with E-state index in [1.54, 1.807) is 0 Å². The fourth-order valence-electron chi connectivity index (χ4n) is 3.07. The van der Waals surface area contributed by atoms with Gasteiger partial charge in [0.05, 0.1) is 0 Å². The van der Waals surface area contributed by atoms with Crippen LogP contribution in [0.15, 0.2) is 18.2 Å². The molecule has 0 aliphatic carbocycles. The number of benzene rings is 1. The largest absolute Gasteiger partial charge is 0.326 e. The Balaban J connectivity index is 2.02. The van der Waals surface area contributed by atoms with Gasteiger partial charge in [0.25, 0.3) is 5.91 Å². The van der Waals surface area contributed by atoms with Gasteiger partial charge in [0.15, 0.2) is 11.6 Å². The third kappa shape index (κ3) is 3.54. The van der Waals surface area contributed by atoms with Gasteiger partial charge >= 0.3 is 6.03 Å².